The first-order valence-corrected chi connectivity index (χ1v) is 9.18. The number of nitrogens with two attached hydrogens (primary N) is 1. The van der Waals surface area contributed by atoms with E-state index in [-0.39, 0.29) is 0 Å². The molecule has 1 aromatic heterocycles. The summed E-state index contributed by atoms with van der Waals surface area (Å²) in [5.74, 6) is 0. The third-order valence-electron chi connectivity index (χ3n) is 2.68. The Morgan fingerprint density at radius 2 is 1.72 bits per heavy atom. The molecule has 7 heteroatoms. The van der Waals surface area contributed by atoms with Crippen molar-refractivity contribution in [3.8, 4) is 0 Å². The smallest absolute Gasteiger partial charge is 0.0776 e. The third kappa shape index (κ3) is 2.59. The highest BCUT2D eigenvalue weighted by Crippen LogP contribution is 2.35. The van der Waals surface area contributed by atoms with Crippen molar-refractivity contribution >= 4 is 47.8 Å². The van der Waals surface area contributed by atoms with Gasteiger partial charge in [-0.15, -0.1) is 11.3 Å². The molecule has 1 atom stereocenters. The van der Waals surface area contributed by atoms with Gasteiger partial charge in [0.05, 0.1) is 21.1 Å². The zero-order valence-corrected chi connectivity index (χ0v) is 13.3. The number of thiophene rings is 1. The normalized spacial score (nSPS) is 13.4. The summed E-state index contributed by atoms with van der Waals surface area (Å²) in [6, 6.07) is 8.46. The van der Waals surface area contributed by atoms with Crippen LogP contribution in [-0.2, 0) is 0 Å². The van der Waals surface area contributed by atoms with Crippen molar-refractivity contribution in [2.24, 2.45) is 5.50 Å². The molecule has 0 spiro atoms. The predicted molar refractivity (Wildman–Crippen MR) is 86.3 cm³/mol. The van der Waals surface area contributed by atoms with E-state index in [9.17, 15) is 0 Å². The highest BCUT2D eigenvalue weighted by atomic mass is 32.1. The van der Waals surface area contributed by atoms with Gasteiger partial charge >= 0.3 is 0 Å². The molecule has 5 N–H and O–H groups in total. The van der Waals surface area contributed by atoms with Crippen LogP contribution in [0.4, 0.5) is 0 Å². The number of rotatable bonds is 5. The molecule has 0 aliphatic heterocycles. The quantitative estimate of drug-likeness (QED) is 0.630. The van der Waals surface area contributed by atoms with Crippen molar-refractivity contribution in [3.05, 3.63) is 24.3 Å². The first-order chi connectivity index (χ1) is 8.72. The first-order valence-electron chi connectivity index (χ1n) is 5.61. The van der Waals surface area contributed by atoms with Crippen LogP contribution in [0.3, 0.4) is 0 Å². The Kier molecular flexibility index (Phi) is 5.05. The van der Waals surface area contributed by atoms with Crippen molar-refractivity contribution in [1.29, 1.82) is 0 Å². The lowest BCUT2D eigenvalue weighted by molar-refractivity contribution is 1.17. The van der Waals surface area contributed by atoms with Gasteiger partial charge < -0.3 is 0 Å². The fourth-order valence-electron chi connectivity index (χ4n) is 1.83. The molecule has 18 heavy (non-hydrogen) atoms. The molecule has 2 aromatic rings. The summed E-state index contributed by atoms with van der Waals surface area (Å²) in [6.07, 6.45) is 0. The van der Waals surface area contributed by atoms with Crippen molar-refractivity contribution < 1.29 is 0 Å². The summed E-state index contributed by atoms with van der Waals surface area (Å²) in [7, 11) is 4.53. The molecule has 0 fully saturated rings. The van der Waals surface area contributed by atoms with Crippen LogP contribution in [0.25, 0.3) is 10.1 Å². The van der Waals surface area contributed by atoms with E-state index in [4.69, 9.17) is 5.50 Å². The fourth-order valence-corrected chi connectivity index (χ4v) is 6.86. The van der Waals surface area contributed by atoms with E-state index in [2.05, 4.69) is 39.5 Å². The summed E-state index contributed by atoms with van der Waals surface area (Å²) >= 11 is 1.82. The van der Waals surface area contributed by atoms with Crippen LogP contribution in [-0.4, -0.2) is 21.1 Å². The third-order valence-corrected chi connectivity index (χ3v) is 7.76. The maximum Gasteiger partial charge on any atom is 0.0776 e. The molecule has 1 unspecified atom stereocenters. The number of hydrogen-bond donors (Lipinski definition) is 4. The minimum atomic E-state index is -0.804. The maximum absolute atomic E-state index is 6.27. The van der Waals surface area contributed by atoms with Gasteiger partial charge in [0.1, 0.15) is 0 Å². The summed E-state index contributed by atoms with van der Waals surface area (Å²) in [6.45, 7) is 0. The predicted octanol–water partition coefficient (Wildman–Crippen LogP) is 1.39. The zero-order chi connectivity index (χ0) is 13.1. The van der Waals surface area contributed by atoms with Gasteiger partial charge in [-0.25, -0.2) is 0 Å². The van der Waals surface area contributed by atoms with Gasteiger partial charge in [0.2, 0.25) is 0 Å². The lowest BCUT2D eigenvalue weighted by Gasteiger charge is -2.18. The van der Waals surface area contributed by atoms with E-state index in [0.29, 0.717) is 0 Å². The molecular formula is C11H18N4P2S. The molecule has 2 rings (SSSR count). The zero-order valence-electron chi connectivity index (χ0n) is 10.7. The van der Waals surface area contributed by atoms with Gasteiger partial charge in [-0.05, 0) is 27.2 Å². The number of fused-ring (bicyclic) bond motifs is 1. The van der Waals surface area contributed by atoms with Crippen molar-refractivity contribution in [3.63, 3.8) is 0 Å². The molecule has 1 heterocycles. The van der Waals surface area contributed by atoms with Gasteiger partial charge in [-0.2, -0.15) is 0 Å². The Bertz CT molecular complexity index is 527. The van der Waals surface area contributed by atoms with E-state index in [1.165, 1.54) is 20.0 Å². The molecule has 0 aliphatic carbocycles. The molecule has 0 saturated heterocycles. The molecular weight excluding hydrogens is 282 g/mol. The minimum absolute atomic E-state index is 0.542. The lowest BCUT2D eigenvalue weighted by atomic mass is 10.3. The van der Waals surface area contributed by atoms with E-state index in [1.54, 1.807) is 0 Å². The standard InChI is InChI=1S/C11H18N4P2S/c1-13-16(12)10-8-6-4-5-7-9(8)18-11(10)17(14-2)15-3/h4-7,13-15H,12H2,1-3H3. The van der Waals surface area contributed by atoms with Crippen LogP contribution in [0.15, 0.2) is 24.3 Å². The van der Waals surface area contributed by atoms with Crippen LogP contribution in [0.5, 0.6) is 0 Å². The number of nitrogens with one attached hydrogen (secondary N) is 3. The Morgan fingerprint density at radius 1 is 1.06 bits per heavy atom. The summed E-state index contributed by atoms with van der Waals surface area (Å²) in [5.41, 5.74) is 6.27. The van der Waals surface area contributed by atoms with Crippen molar-refractivity contribution in [2.45, 2.75) is 0 Å². The van der Waals surface area contributed by atoms with Gasteiger partial charge in [0, 0.05) is 15.4 Å². The summed E-state index contributed by atoms with van der Waals surface area (Å²) in [5, 5.41) is 12.4. The van der Waals surface area contributed by atoms with Gasteiger partial charge in [0.15, 0.2) is 0 Å². The average Bonchev–Trinajstić information content (AvgIpc) is 2.78. The molecule has 0 amide bonds. The molecule has 0 bridgehead atoms. The highest BCUT2D eigenvalue weighted by Gasteiger charge is 2.22. The van der Waals surface area contributed by atoms with Gasteiger partial charge in [0.25, 0.3) is 0 Å². The summed E-state index contributed by atoms with van der Waals surface area (Å²) in [4.78, 5) is 0. The van der Waals surface area contributed by atoms with E-state index < -0.39 is 16.4 Å². The molecule has 1 aromatic carbocycles. The van der Waals surface area contributed by atoms with E-state index in [0.717, 1.165) is 0 Å². The number of benzene rings is 1. The van der Waals surface area contributed by atoms with Crippen LogP contribution < -0.4 is 30.7 Å². The first kappa shape index (κ1) is 14.3. The largest absolute Gasteiger partial charge is 0.294 e. The van der Waals surface area contributed by atoms with Gasteiger partial charge in [-0.1, -0.05) is 18.2 Å². The van der Waals surface area contributed by atoms with E-state index >= 15 is 0 Å². The Hall–Kier alpha value is -0.120. The van der Waals surface area contributed by atoms with Crippen molar-refractivity contribution in [1.82, 2.24) is 15.3 Å². The lowest BCUT2D eigenvalue weighted by Crippen LogP contribution is -2.31. The minimum Gasteiger partial charge on any atom is -0.294 e. The second kappa shape index (κ2) is 6.36. The Labute approximate surface area is 114 Å². The second-order valence-corrected chi connectivity index (χ2v) is 8.63. The van der Waals surface area contributed by atoms with E-state index in [1.807, 2.05) is 32.5 Å². The topological polar surface area (TPSA) is 62.1 Å². The molecule has 0 radical (unpaired) electrons. The van der Waals surface area contributed by atoms with Crippen molar-refractivity contribution in [2.75, 3.05) is 21.1 Å². The number of hydrogen-bond acceptors (Lipinski definition) is 5. The Morgan fingerprint density at radius 3 is 2.33 bits per heavy atom. The molecule has 98 valence electrons. The van der Waals surface area contributed by atoms with Crippen LogP contribution in [0.1, 0.15) is 0 Å². The summed E-state index contributed by atoms with van der Waals surface area (Å²) < 4.78 is 2.63. The second-order valence-electron chi connectivity index (χ2n) is 3.63. The Balaban J connectivity index is 2.63. The highest BCUT2D eigenvalue weighted by molar-refractivity contribution is 7.74. The average molecular weight is 300 g/mol. The molecule has 0 saturated carbocycles. The molecule has 0 aliphatic rings. The van der Waals surface area contributed by atoms with Gasteiger partial charge in [-0.3, -0.25) is 20.8 Å². The van der Waals surface area contributed by atoms with Crippen LogP contribution >= 0.6 is 27.8 Å². The fraction of sp³-hybridized carbons (Fsp3) is 0.273. The monoisotopic (exact) mass is 300 g/mol. The SMILES string of the molecule is CNP(N)c1c(P(NC)NC)sc2ccccc12. The van der Waals surface area contributed by atoms with Crippen LogP contribution in [0.2, 0.25) is 0 Å². The molecule has 4 nitrogen and oxygen atoms in total. The van der Waals surface area contributed by atoms with Crippen LogP contribution in [0, 0.1) is 0 Å². The maximum atomic E-state index is 6.27.